The van der Waals surface area contributed by atoms with Crippen molar-refractivity contribution in [2.45, 2.75) is 13.1 Å². The summed E-state index contributed by atoms with van der Waals surface area (Å²) in [6, 6.07) is 19.0. The van der Waals surface area contributed by atoms with Gasteiger partial charge in [0.2, 0.25) is 0 Å². The molecule has 0 N–H and O–H groups in total. The van der Waals surface area contributed by atoms with Crippen LogP contribution in [0, 0.1) is 0 Å². The van der Waals surface area contributed by atoms with Gasteiger partial charge in [0.1, 0.15) is 0 Å². The summed E-state index contributed by atoms with van der Waals surface area (Å²) < 4.78 is 2.72. The van der Waals surface area contributed by atoms with Crippen LogP contribution in [0.2, 0.25) is 0 Å². The second-order valence-corrected chi connectivity index (χ2v) is 5.96. The summed E-state index contributed by atoms with van der Waals surface area (Å²) in [4.78, 5) is 34.3. The maximum Gasteiger partial charge on any atom is 0.333 e. The Bertz CT molecular complexity index is 1170. The summed E-state index contributed by atoms with van der Waals surface area (Å²) in [5.74, 6) is 0. The Morgan fingerprint density at radius 2 is 1.23 bits per heavy atom. The van der Waals surface area contributed by atoms with Gasteiger partial charge in [0.25, 0.3) is 5.56 Å². The molecule has 2 heterocycles. The highest BCUT2D eigenvalue weighted by molar-refractivity contribution is 5.68. The van der Waals surface area contributed by atoms with E-state index in [0.717, 1.165) is 11.1 Å². The van der Waals surface area contributed by atoms with E-state index in [2.05, 4.69) is 9.97 Å². The molecule has 4 rings (SSSR count). The van der Waals surface area contributed by atoms with E-state index < -0.39 is 11.2 Å². The molecule has 0 saturated heterocycles. The minimum atomic E-state index is -0.425. The molecule has 6 nitrogen and oxygen atoms in total. The smallest absolute Gasteiger partial charge is 0.272 e. The van der Waals surface area contributed by atoms with Crippen LogP contribution in [-0.2, 0) is 13.1 Å². The lowest BCUT2D eigenvalue weighted by atomic mass is 10.2. The van der Waals surface area contributed by atoms with Gasteiger partial charge < -0.3 is 0 Å². The minimum absolute atomic E-state index is 0.193. The van der Waals surface area contributed by atoms with Gasteiger partial charge >= 0.3 is 5.69 Å². The molecule has 0 unspecified atom stereocenters. The first-order valence-corrected chi connectivity index (χ1v) is 8.26. The SMILES string of the molecule is O=c1c2nccnc2n(Cc2ccccc2)c(=O)n1Cc1ccccc1. The van der Waals surface area contributed by atoms with Crippen LogP contribution < -0.4 is 11.2 Å². The molecule has 2 aromatic heterocycles. The van der Waals surface area contributed by atoms with Gasteiger partial charge in [-0.25, -0.2) is 14.8 Å². The summed E-state index contributed by atoms with van der Waals surface area (Å²) >= 11 is 0. The van der Waals surface area contributed by atoms with Gasteiger partial charge in [-0.15, -0.1) is 0 Å². The molecular formula is C20H16N4O2. The molecule has 0 amide bonds. The fraction of sp³-hybridized carbons (Fsp3) is 0.100. The maximum atomic E-state index is 13.1. The van der Waals surface area contributed by atoms with Crippen LogP contribution in [0.1, 0.15) is 11.1 Å². The van der Waals surface area contributed by atoms with Crippen molar-refractivity contribution in [2.75, 3.05) is 0 Å². The molecular weight excluding hydrogens is 328 g/mol. The van der Waals surface area contributed by atoms with E-state index in [1.807, 2.05) is 60.7 Å². The second-order valence-electron chi connectivity index (χ2n) is 5.96. The Kier molecular flexibility index (Phi) is 4.15. The molecule has 6 heteroatoms. The quantitative estimate of drug-likeness (QED) is 0.568. The predicted molar refractivity (Wildman–Crippen MR) is 99.1 cm³/mol. The normalized spacial score (nSPS) is 10.9. The van der Waals surface area contributed by atoms with Gasteiger partial charge in [0.15, 0.2) is 11.2 Å². The van der Waals surface area contributed by atoms with Crippen LogP contribution in [0.3, 0.4) is 0 Å². The Hall–Kier alpha value is -3.54. The molecule has 0 saturated carbocycles. The lowest BCUT2D eigenvalue weighted by molar-refractivity contribution is 0.628. The van der Waals surface area contributed by atoms with E-state index in [9.17, 15) is 9.59 Å². The van der Waals surface area contributed by atoms with Crippen molar-refractivity contribution in [3.8, 4) is 0 Å². The molecule has 0 aliphatic heterocycles. The number of benzene rings is 2. The van der Waals surface area contributed by atoms with Gasteiger partial charge in [-0.3, -0.25) is 13.9 Å². The molecule has 0 atom stereocenters. The lowest BCUT2D eigenvalue weighted by Crippen LogP contribution is -2.41. The average molecular weight is 344 g/mol. The number of nitrogens with zero attached hydrogens (tertiary/aromatic N) is 4. The predicted octanol–water partition coefficient (Wildman–Crippen LogP) is 2.05. The number of hydrogen-bond donors (Lipinski definition) is 0. The van der Waals surface area contributed by atoms with Crippen molar-refractivity contribution >= 4 is 11.2 Å². The first kappa shape index (κ1) is 16.0. The third-order valence-electron chi connectivity index (χ3n) is 4.21. The van der Waals surface area contributed by atoms with E-state index >= 15 is 0 Å². The van der Waals surface area contributed by atoms with Crippen LogP contribution in [-0.4, -0.2) is 19.1 Å². The average Bonchev–Trinajstić information content (AvgIpc) is 2.70. The van der Waals surface area contributed by atoms with Gasteiger partial charge in [0.05, 0.1) is 13.1 Å². The molecule has 4 aromatic rings. The largest absolute Gasteiger partial charge is 0.333 e. The van der Waals surface area contributed by atoms with Gasteiger partial charge in [-0.2, -0.15) is 0 Å². The number of hydrogen-bond acceptors (Lipinski definition) is 4. The zero-order valence-electron chi connectivity index (χ0n) is 13.9. The van der Waals surface area contributed by atoms with Crippen LogP contribution in [0.5, 0.6) is 0 Å². The Balaban J connectivity index is 1.92. The summed E-state index contributed by atoms with van der Waals surface area (Å²) in [5, 5.41) is 0. The first-order chi connectivity index (χ1) is 12.7. The van der Waals surface area contributed by atoms with E-state index in [1.165, 1.54) is 21.5 Å². The lowest BCUT2D eigenvalue weighted by Gasteiger charge is -2.13. The highest BCUT2D eigenvalue weighted by atomic mass is 16.2. The third kappa shape index (κ3) is 2.93. The molecule has 0 aliphatic rings. The molecule has 2 aromatic carbocycles. The van der Waals surface area contributed by atoms with Crippen molar-refractivity contribution in [1.82, 2.24) is 19.1 Å². The fourth-order valence-corrected chi connectivity index (χ4v) is 2.94. The fourth-order valence-electron chi connectivity index (χ4n) is 2.94. The summed E-state index contributed by atoms with van der Waals surface area (Å²) in [5.41, 5.74) is 1.50. The van der Waals surface area contributed by atoms with E-state index in [0.29, 0.717) is 12.2 Å². The van der Waals surface area contributed by atoms with Gasteiger partial charge in [-0.05, 0) is 11.1 Å². The topological polar surface area (TPSA) is 69.8 Å². The number of rotatable bonds is 4. The van der Waals surface area contributed by atoms with Gasteiger partial charge in [0, 0.05) is 12.4 Å². The zero-order chi connectivity index (χ0) is 17.9. The molecule has 0 radical (unpaired) electrons. The molecule has 26 heavy (non-hydrogen) atoms. The van der Waals surface area contributed by atoms with E-state index in [4.69, 9.17) is 0 Å². The molecule has 0 fully saturated rings. The first-order valence-electron chi connectivity index (χ1n) is 8.26. The van der Waals surface area contributed by atoms with E-state index in [-0.39, 0.29) is 12.1 Å². The monoisotopic (exact) mass is 344 g/mol. The highest BCUT2D eigenvalue weighted by Crippen LogP contribution is 2.07. The van der Waals surface area contributed by atoms with Crippen LogP contribution in [0.15, 0.2) is 82.6 Å². The van der Waals surface area contributed by atoms with Crippen LogP contribution in [0.25, 0.3) is 11.2 Å². The molecule has 0 spiro atoms. The van der Waals surface area contributed by atoms with Crippen LogP contribution >= 0.6 is 0 Å². The zero-order valence-corrected chi connectivity index (χ0v) is 13.9. The Labute approximate surface area is 149 Å². The minimum Gasteiger partial charge on any atom is -0.272 e. The molecule has 0 bridgehead atoms. The van der Waals surface area contributed by atoms with Crippen molar-refractivity contribution < 1.29 is 0 Å². The van der Waals surface area contributed by atoms with E-state index in [1.54, 1.807) is 0 Å². The summed E-state index contributed by atoms with van der Waals surface area (Å²) in [6.07, 6.45) is 2.96. The number of aromatic nitrogens is 4. The summed E-state index contributed by atoms with van der Waals surface area (Å²) in [7, 11) is 0. The maximum absolute atomic E-state index is 13.1. The Morgan fingerprint density at radius 1 is 0.692 bits per heavy atom. The van der Waals surface area contributed by atoms with Crippen molar-refractivity contribution in [3.05, 3.63) is 105 Å². The molecule has 128 valence electrons. The van der Waals surface area contributed by atoms with Gasteiger partial charge in [-0.1, -0.05) is 60.7 Å². The third-order valence-corrected chi connectivity index (χ3v) is 4.21. The van der Waals surface area contributed by atoms with Crippen molar-refractivity contribution in [1.29, 1.82) is 0 Å². The Morgan fingerprint density at radius 3 is 1.85 bits per heavy atom. The highest BCUT2D eigenvalue weighted by Gasteiger charge is 2.15. The number of fused-ring (bicyclic) bond motifs is 1. The standard InChI is InChI=1S/C20H16N4O2/c25-19-17-18(22-12-11-21-17)23(13-15-7-3-1-4-8-15)20(26)24(19)14-16-9-5-2-6-10-16/h1-12H,13-14H2. The summed E-state index contributed by atoms with van der Waals surface area (Å²) in [6.45, 7) is 0.518. The van der Waals surface area contributed by atoms with Crippen LogP contribution in [0.4, 0.5) is 0 Å². The van der Waals surface area contributed by atoms with Crippen molar-refractivity contribution in [3.63, 3.8) is 0 Å². The second kappa shape index (κ2) is 6.76. The molecule has 0 aliphatic carbocycles. The van der Waals surface area contributed by atoms with Crippen molar-refractivity contribution in [2.24, 2.45) is 0 Å².